The number of amides is 3. The Balaban J connectivity index is 1.90. The van der Waals surface area contributed by atoms with Gasteiger partial charge in [-0.1, -0.05) is 29.8 Å². The Morgan fingerprint density at radius 2 is 1.65 bits per heavy atom. The van der Waals surface area contributed by atoms with Gasteiger partial charge in [-0.2, -0.15) is 0 Å². The predicted octanol–water partition coefficient (Wildman–Crippen LogP) is 3.26. The second-order valence-electron chi connectivity index (χ2n) is 5.83. The Bertz CT molecular complexity index is 841. The number of nitrogens with one attached hydrogen (secondary N) is 2. The first-order chi connectivity index (χ1) is 12.3. The number of urea groups is 1. The highest BCUT2D eigenvalue weighted by atomic mass is 19.1. The number of carbonyl (C=O) groups excluding carboxylic acids is 3. The van der Waals surface area contributed by atoms with Crippen molar-refractivity contribution in [3.8, 4) is 0 Å². The maximum Gasteiger partial charge on any atom is 0.339 e. The number of aryl methyl sites for hydroxylation is 3. The normalized spacial score (nSPS) is 10.2. The lowest BCUT2D eigenvalue weighted by atomic mass is 10.00. The van der Waals surface area contributed by atoms with Crippen LogP contribution in [0.3, 0.4) is 0 Å². The SMILES string of the molecule is Cc1cc(C)c(C(=O)OCC(=O)NC(=O)Nc2ccccc2F)c(C)c1. The van der Waals surface area contributed by atoms with E-state index in [4.69, 9.17) is 4.74 Å². The molecule has 2 aromatic carbocycles. The molecule has 2 N–H and O–H groups in total. The van der Waals surface area contributed by atoms with Crippen molar-refractivity contribution in [2.24, 2.45) is 0 Å². The van der Waals surface area contributed by atoms with E-state index in [-0.39, 0.29) is 5.69 Å². The van der Waals surface area contributed by atoms with Crippen LogP contribution in [0.15, 0.2) is 36.4 Å². The number of para-hydroxylation sites is 1. The number of hydrogen-bond acceptors (Lipinski definition) is 4. The van der Waals surface area contributed by atoms with Gasteiger partial charge in [0, 0.05) is 0 Å². The largest absolute Gasteiger partial charge is 0.452 e. The zero-order valence-electron chi connectivity index (χ0n) is 14.7. The summed E-state index contributed by atoms with van der Waals surface area (Å²) in [5.74, 6) is -2.11. The summed E-state index contributed by atoms with van der Waals surface area (Å²) < 4.78 is 18.4. The molecule has 0 spiro atoms. The highest BCUT2D eigenvalue weighted by Crippen LogP contribution is 2.17. The van der Waals surface area contributed by atoms with Gasteiger partial charge in [-0.25, -0.2) is 14.0 Å². The fraction of sp³-hybridized carbons (Fsp3) is 0.211. The van der Waals surface area contributed by atoms with Crippen LogP contribution in [0.25, 0.3) is 0 Å². The monoisotopic (exact) mass is 358 g/mol. The first-order valence-electron chi connectivity index (χ1n) is 7.88. The maximum atomic E-state index is 13.4. The molecule has 0 bridgehead atoms. The van der Waals surface area contributed by atoms with E-state index in [0.717, 1.165) is 16.7 Å². The van der Waals surface area contributed by atoms with E-state index in [1.54, 1.807) is 13.8 Å². The van der Waals surface area contributed by atoms with Crippen LogP contribution in [-0.2, 0) is 9.53 Å². The fourth-order valence-electron chi connectivity index (χ4n) is 2.58. The third-order valence-corrected chi connectivity index (χ3v) is 3.59. The van der Waals surface area contributed by atoms with E-state index in [0.29, 0.717) is 5.56 Å². The van der Waals surface area contributed by atoms with Crippen molar-refractivity contribution in [1.82, 2.24) is 5.32 Å². The zero-order valence-corrected chi connectivity index (χ0v) is 14.7. The Morgan fingerprint density at radius 3 is 2.27 bits per heavy atom. The Kier molecular flexibility index (Phi) is 6.06. The predicted molar refractivity (Wildman–Crippen MR) is 94.5 cm³/mol. The van der Waals surface area contributed by atoms with Gasteiger partial charge >= 0.3 is 12.0 Å². The summed E-state index contributed by atoms with van der Waals surface area (Å²) in [5, 5.41) is 4.17. The van der Waals surface area contributed by atoms with Crippen LogP contribution in [0.2, 0.25) is 0 Å². The second-order valence-corrected chi connectivity index (χ2v) is 5.83. The van der Waals surface area contributed by atoms with Gasteiger partial charge in [0.05, 0.1) is 11.3 Å². The van der Waals surface area contributed by atoms with Crippen molar-refractivity contribution >= 4 is 23.6 Å². The van der Waals surface area contributed by atoms with Gasteiger partial charge in [0.15, 0.2) is 6.61 Å². The van der Waals surface area contributed by atoms with E-state index in [9.17, 15) is 18.8 Å². The van der Waals surface area contributed by atoms with Crippen LogP contribution in [0, 0.1) is 26.6 Å². The van der Waals surface area contributed by atoms with Crippen LogP contribution in [-0.4, -0.2) is 24.5 Å². The standard InChI is InChI=1S/C19H19FN2O4/c1-11-8-12(2)17(13(3)9-11)18(24)26-10-16(23)22-19(25)21-15-7-5-4-6-14(15)20/h4-9H,10H2,1-3H3,(H2,21,22,23,25). The number of carbonyl (C=O) groups is 3. The lowest BCUT2D eigenvalue weighted by Crippen LogP contribution is -2.37. The first kappa shape index (κ1) is 19.1. The Labute approximate surface area is 150 Å². The van der Waals surface area contributed by atoms with Gasteiger partial charge in [0.1, 0.15) is 5.82 Å². The minimum Gasteiger partial charge on any atom is -0.452 e. The second kappa shape index (κ2) is 8.24. The van der Waals surface area contributed by atoms with Crippen molar-refractivity contribution in [3.63, 3.8) is 0 Å². The highest BCUT2D eigenvalue weighted by molar-refractivity contribution is 6.02. The van der Waals surface area contributed by atoms with Crippen LogP contribution >= 0.6 is 0 Å². The average Bonchev–Trinajstić information content (AvgIpc) is 2.54. The Morgan fingerprint density at radius 1 is 1.04 bits per heavy atom. The number of halogens is 1. The molecule has 2 rings (SSSR count). The summed E-state index contributed by atoms with van der Waals surface area (Å²) in [7, 11) is 0. The third-order valence-electron chi connectivity index (χ3n) is 3.59. The van der Waals surface area contributed by atoms with Crippen molar-refractivity contribution < 1.29 is 23.5 Å². The quantitative estimate of drug-likeness (QED) is 0.822. The number of imide groups is 1. The fourth-order valence-corrected chi connectivity index (χ4v) is 2.58. The number of benzene rings is 2. The van der Waals surface area contributed by atoms with E-state index in [1.165, 1.54) is 24.3 Å². The molecule has 0 saturated carbocycles. The molecule has 7 heteroatoms. The van der Waals surface area contributed by atoms with Crippen molar-refractivity contribution in [1.29, 1.82) is 0 Å². The minimum absolute atomic E-state index is 0.0688. The smallest absolute Gasteiger partial charge is 0.339 e. The van der Waals surface area contributed by atoms with Crippen molar-refractivity contribution in [2.75, 3.05) is 11.9 Å². The molecule has 0 aliphatic rings. The number of hydrogen-bond donors (Lipinski definition) is 2. The molecular formula is C19H19FN2O4. The molecule has 0 atom stereocenters. The maximum absolute atomic E-state index is 13.4. The highest BCUT2D eigenvalue weighted by Gasteiger charge is 2.17. The summed E-state index contributed by atoms with van der Waals surface area (Å²) >= 11 is 0. The molecule has 0 radical (unpaired) electrons. The van der Waals surface area contributed by atoms with Crippen LogP contribution in [0.1, 0.15) is 27.0 Å². The molecule has 0 saturated heterocycles. The first-order valence-corrected chi connectivity index (χ1v) is 7.88. The lowest BCUT2D eigenvalue weighted by molar-refractivity contribution is -0.123. The molecule has 0 fully saturated rings. The molecule has 0 aliphatic heterocycles. The zero-order chi connectivity index (χ0) is 19.3. The molecule has 0 heterocycles. The molecule has 0 aromatic heterocycles. The molecule has 136 valence electrons. The van der Waals surface area contributed by atoms with Crippen LogP contribution in [0.5, 0.6) is 0 Å². The molecule has 2 aromatic rings. The summed E-state index contributed by atoms with van der Waals surface area (Å²) in [6.45, 7) is 4.84. The number of ether oxygens (including phenoxy) is 1. The van der Waals surface area contributed by atoms with E-state index >= 15 is 0 Å². The van der Waals surface area contributed by atoms with E-state index < -0.39 is 30.3 Å². The van der Waals surface area contributed by atoms with Crippen LogP contribution < -0.4 is 10.6 Å². The molecule has 3 amide bonds. The van der Waals surface area contributed by atoms with E-state index in [1.807, 2.05) is 24.4 Å². The van der Waals surface area contributed by atoms with Crippen LogP contribution in [0.4, 0.5) is 14.9 Å². The lowest BCUT2D eigenvalue weighted by Gasteiger charge is -2.11. The van der Waals surface area contributed by atoms with E-state index in [2.05, 4.69) is 5.32 Å². The topological polar surface area (TPSA) is 84.5 Å². The summed E-state index contributed by atoms with van der Waals surface area (Å²) in [5.41, 5.74) is 2.81. The number of esters is 1. The van der Waals surface area contributed by atoms with Gasteiger partial charge < -0.3 is 10.1 Å². The van der Waals surface area contributed by atoms with Crippen molar-refractivity contribution in [2.45, 2.75) is 20.8 Å². The average molecular weight is 358 g/mol. The van der Waals surface area contributed by atoms with Crippen molar-refractivity contribution in [3.05, 3.63) is 64.5 Å². The summed E-state index contributed by atoms with van der Waals surface area (Å²) in [6, 6.07) is 8.29. The number of rotatable bonds is 4. The van der Waals surface area contributed by atoms with Gasteiger partial charge in [-0.05, 0) is 44.0 Å². The van der Waals surface area contributed by atoms with Gasteiger partial charge in [-0.15, -0.1) is 0 Å². The van der Waals surface area contributed by atoms with Gasteiger partial charge in [-0.3, -0.25) is 10.1 Å². The third kappa shape index (κ3) is 4.89. The van der Waals surface area contributed by atoms with Gasteiger partial charge in [0.25, 0.3) is 5.91 Å². The molecule has 26 heavy (non-hydrogen) atoms. The van der Waals surface area contributed by atoms with Gasteiger partial charge in [0.2, 0.25) is 0 Å². The molecule has 6 nitrogen and oxygen atoms in total. The Hall–Kier alpha value is -3.22. The summed E-state index contributed by atoms with van der Waals surface area (Å²) in [4.78, 5) is 35.6. The summed E-state index contributed by atoms with van der Waals surface area (Å²) in [6.07, 6.45) is 0. The molecular weight excluding hydrogens is 339 g/mol. The minimum atomic E-state index is -0.918. The molecule has 0 unspecified atom stereocenters. The molecule has 0 aliphatic carbocycles. The number of anilines is 1.